The molecule has 4 rings (SSSR count). The van der Waals surface area contributed by atoms with Gasteiger partial charge in [0.25, 0.3) is 11.4 Å². The van der Waals surface area contributed by atoms with Crippen molar-refractivity contribution in [3.05, 3.63) is 128 Å². The molecule has 0 aliphatic heterocycles. The summed E-state index contributed by atoms with van der Waals surface area (Å²) < 4.78 is 16.3. The molecule has 8 nitrogen and oxygen atoms in total. The summed E-state index contributed by atoms with van der Waals surface area (Å²) in [6, 6.07) is 14.0. The van der Waals surface area contributed by atoms with E-state index >= 15 is 0 Å². The number of nitro groups is 2. The van der Waals surface area contributed by atoms with Crippen molar-refractivity contribution >= 4 is 65.0 Å². The zero-order valence-corrected chi connectivity index (χ0v) is 28.2. The van der Waals surface area contributed by atoms with Gasteiger partial charge in [0.2, 0.25) is 5.69 Å². The van der Waals surface area contributed by atoms with E-state index < -0.39 is 9.85 Å². The summed E-state index contributed by atoms with van der Waals surface area (Å²) in [4.78, 5) is 20.5. The first-order chi connectivity index (χ1) is 19.0. The number of benzene rings is 2. The lowest BCUT2D eigenvalue weighted by Gasteiger charge is -2.01. The number of aryl methyl sites for hydroxylation is 4. The monoisotopic (exact) mass is 706 g/mol. The maximum Gasteiger partial charge on any atom is 0.347 e. The topological polar surface area (TPSA) is 94.0 Å². The minimum Gasteiger partial charge on any atom is -1.00 e. The molecular formula is C26H25Cl2FN4O4S5. The maximum absolute atomic E-state index is 12.7. The highest BCUT2D eigenvalue weighted by atomic mass is 35.5. The van der Waals surface area contributed by atoms with Crippen molar-refractivity contribution in [1.82, 2.24) is 0 Å². The molecule has 0 atom stereocenters. The van der Waals surface area contributed by atoms with Crippen LogP contribution in [0.1, 0.15) is 22.3 Å². The lowest BCUT2D eigenvalue weighted by Crippen LogP contribution is -3.00. The second-order valence-corrected chi connectivity index (χ2v) is 9.94. The molecule has 16 heteroatoms. The Bertz CT molecular complexity index is 1540. The van der Waals surface area contributed by atoms with Crippen molar-refractivity contribution in [2.24, 2.45) is 0 Å². The highest BCUT2D eigenvalue weighted by molar-refractivity contribution is 8.37. The highest BCUT2D eigenvalue weighted by Gasteiger charge is 2.26. The standard InChI is InChI=1S/C13H13FN.C13H12N3O4.2ClH.S3.S2/c1-10-7-8-15(9-11(10)2)13-5-3-12(14)4-6-13;1-9-5-6-14(8-10(9)2)12-4-3-11(15(17)18)7-13(12)16(19)20;;;1-3-2;1-2/h3-9H,1-2H3;3-8H,1-2H3;2*1H;;/q2*+1;;;;/p-2. The summed E-state index contributed by atoms with van der Waals surface area (Å²) in [7, 11) is 0.917. The number of rotatable bonds is 4. The normalized spacial score (nSPS) is 8.98. The molecule has 2 heterocycles. The Morgan fingerprint density at radius 2 is 1.17 bits per heavy atom. The van der Waals surface area contributed by atoms with E-state index in [9.17, 15) is 24.6 Å². The Balaban J connectivity index is 0. The van der Waals surface area contributed by atoms with Crippen LogP contribution in [0.5, 0.6) is 0 Å². The number of pyridine rings is 2. The third kappa shape index (κ3) is 12.6. The molecule has 0 aliphatic carbocycles. The minimum atomic E-state index is -0.651. The van der Waals surface area contributed by atoms with E-state index in [-0.39, 0.29) is 42.0 Å². The van der Waals surface area contributed by atoms with Crippen LogP contribution >= 0.6 is 0 Å². The summed E-state index contributed by atoms with van der Waals surface area (Å²) in [5.41, 5.74) is 5.18. The summed E-state index contributed by atoms with van der Waals surface area (Å²) in [6.07, 6.45) is 7.47. The maximum atomic E-state index is 12.7. The van der Waals surface area contributed by atoms with Crippen LogP contribution in [0.2, 0.25) is 0 Å². The quantitative estimate of drug-likeness (QED) is 0.154. The fourth-order valence-corrected chi connectivity index (χ4v) is 3.27. The molecule has 0 radical (unpaired) electrons. The van der Waals surface area contributed by atoms with E-state index in [0.29, 0.717) is 5.69 Å². The van der Waals surface area contributed by atoms with Crippen LogP contribution in [0.3, 0.4) is 0 Å². The van der Waals surface area contributed by atoms with Crippen LogP contribution in [-0.4, -0.2) is 9.85 Å². The third-order valence-electron chi connectivity index (χ3n) is 5.65. The molecule has 0 unspecified atom stereocenters. The predicted molar refractivity (Wildman–Crippen MR) is 165 cm³/mol. The highest BCUT2D eigenvalue weighted by Crippen LogP contribution is 2.24. The fraction of sp³-hybridized carbons (Fsp3) is 0.154. The summed E-state index contributed by atoms with van der Waals surface area (Å²) >= 11 is 15.6. The van der Waals surface area contributed by atoms with Gasteiger partial charge in [-0.15, -0.1) is 0 Å². The number of non-ortho nitro benzene ring substituents is 1. The second kappa shape index (κ2) is 20.9. The summed E-state index contributed by atoms with van der Waals surface area (Å²) in [5.74, 6) is -0.205. The van der Waals surface area contributed by atoms with Gasteiger partial charge in [-0.1, -0.05) is 0 Å². The van der Waals surface area contributed by atoms with Crippen LogP contribution in [-0.2, 0) is 53.6 Å². The number of halogens is 3. The van der Waals surface area contributed by atoms with E-state index in [1.54, 1.807) is 29.1 Å². The Hall–Kier alpha value is -2.85. The Kier molecular flexibility index (Phi) is 20.6. The largest absolute Gasteiger partial charge is 1.00 e. The molecule has 0 amide bonds. The zero-order chi connectivity index (χ0) is 30.4. The molecule has 2 aromatic carbocycles. The molecule has 42 heavy (non-hydrogen) atoms. The number of hydrogen-bond acceptors (Lipinski definition) is 8. The molecule has 224 valence electrons. The van der Waals surface area contributed by atoms with Crippen molar-refractivity contribution in [2.45, 2.75) is 27.7 Å². The van der Waals surface area contributed by atoms with Gasteiger partial charge in [-0.05, 0) is 51.0 Å². The smallest absolute Gasteiger partial charge is 0.347 e. The molecular weight excluding hydrogens is 683 g/mol. The molecule has 0 saturated heterocycles. The molecule has 0 saturated carbocycles. The van der Waals surface area contributed by atoms with Gasteiger partial charge in [0.05, 0.1) is 9.85 Å². The van der Waals surface area contributed by atoms with Gasteiger partial charge in [0.1, 0.15) is 11.9 Å². The van der Waals surface area contributed by atoms with E-state index in [2.05, 4.69) is 64.7 Å². The van der Waals surface area contributed by atoms with E-state index in [1.807, 2.05) is 36.9 Å². The van der Waals surface area contributed by atoms with Crippen molar-refractivity contribution in [3.8, 4) is 11.4 Å². The van der Waals surface area contributed by atoms with Gasteiger partial charge in [0.15, 0.2) is 24.8 Å². The predicted octanol–water partition coefficient (Wildman–Crippen LogP) is -0.888. The summed E-state index contributed by atoms with van der Waals surface area (Å²) in [6.45, 7) is 7.96. The lowest BCUT2D eigenvalue weighted by molar-refractivity contribution is -0.601. The van der Waals surface area contributed by atoms with Gasteiger partial charge >= 0.3 is 5.69 Å². The molecule has 0 spiro atoms. The molecule has 0 bridgehead atoms. The van der Waals surface area contributed by atoms with Crippen LogP contribution < -0.4 is 33.9 Å². The van der Waals surface area contributed by atoms with Gasteiger partial charge in [-0.2, -0.15) is 9.13 Å². The van der Waals surface area contributed by atoms with Crippen LogP contribution in [0.4, 0.5) is 15.8 Å². The molecule has 0 fully saturated rings. The Morgan fingerprint density at radius 3 is 1.60 bits per heavy atom. The average Bonchev–Trinajstić information content (AvgIpc) is 2.94. The Labute approximate surface area is 278 Å². The number of hydrogen-bond donors (Lipinski definition) is 0. The van der Waals surface area contributed by atoms with Gasteiger partial charge in [-0.3, -0.25) is 20.2 Å². The van der Waals surface area contributed by atoms with Crippen molar-refractivity contribution in [1.29, 1.82) is 0 Å². The van der Waals surface area contributed by atoms with Crippen molar-refractivity contribution in [2.75, 3.05) is 0 Å². The Morgan fingerprint density at radius 1 is 0.714 bits per heavy atom. The van der Waals surface area contributed by atoms with E-state index in [4.69, 9.17) is 0 Å². The third-order valence-corrected chi connectivity index (χ3v) is 5.65. The first kappa shape index (κ1) is 41.3. The summed E-state index contributed by atoms with van der Waals surface area (Å²) in [5, 5.41) is 21.8. The average molecular weight is 708 g/mol. The van der Waals surface area contributed by atoms with Gasteiger partial charge < -0.3 is 24.8 Å². The van der Waals surface area contributed by atoms with E-state index in [1.165, 1.54) is 35.4 Å². The van der Waals surface area contributed by atoms with E-state index in [0.717, 1.165) is 31.8 Å². The fourth-order valence-electron chi connectivity index (χ4n) is 3.27. The number of nitrogens with zero attached hydrogens (tertiary/aromatic N) is 4. The number of aromatic nitrogens is 2. The van der Waals surface area contributed by atoms with Crippen molar-refractivity contribution < 1.29 is 48.2 Å². The first-order valence-electron chi connectivity index (χ1n) is 11.2. The van der Waals surface area contributed by atoms with Gasteiger partial charge in [0, 0.05) is 101 Å². The second-order valence-electron chi connectivity index (χ2n) is 8.17. The lowest BCUT2D eigenvalue weighted by atomic mass is 10.1. The number of nitro benzene ring substituents is 2. The SMILES string of the molecule is Cc1cc[n+](-c2ccc(F)cc2)cc1C.Cc1cc[n+](-c2ccc([N+](=O)[O-])cc2[N+](=O)[O-])cc1C.S=S.S=S=S.[Cl-].[Cl-]. The molecule has 0 aliphatic rings. The molecule has 0 N–H and O–H groups in total. The van der Waals surface area contributed by atoms with Crippen LogP contribution in [0.15, 0.2) is 79.4 Å². The molecule has 4 aromatic rings. The zero-order valence-electron chi connectivity index (χ0n) is 22.6. The molecule has 2 aromatic heterocycles. The van der Waals surface area contributed by atoms with Gasteiger partial charge in [-0.25, -0.2) is 4.39 Å². The van der Waals surface area contributed by atoms with Crippen LogP contribution in [0.25, 0.3) is 11.4 Å². The van der Waals surface area contributed by atoms with Crippen LogP contribution in [0, 0.1) is 53.7 Å². The first-order valence-corrected chi connectivity index (χ1v) is 15.2. The minimum absolute atomic E-state index is 0. The van der Waals surface area contributed by atoms with Crippen molar-refractivity contribution in [3.63, 3.8) is 0 Å².